The minimum absolute atomic E-state index is 0.130. The van der Waals surface area contributed by atoms with Gasteiger partial charge in [0.05, 0.1) is 19.3 Å². The van der Waals surface area contributed by atoms with Gasteiger partial charge in [-0.15, -0.1) is 0 Å². The Bertz CT molecular complexity index is 992. The van der Waals surface area contributed by atoms with Crippen molar-refractivity contribution < 1.29 is 23.9 Å². The van der Waals surface area contributed by atoms with Crippen molar-refractivity contribution in [3.63, 3.8) is 0 Å². The maximum atomic E-state index is 13.6. The van der Waals surface area contributed by atoms with Gasteiger partial charge in [-0.3, -0.25) is 9.59 Å². The van der Waals surface area contributed by atoms with Gasteiger partial charge >= 0.3 is 11.9 Å². The molecular weight excluding hydrogens is 520 g/mol. The molecule has 0 radical (unpaired) electrons. The fourth-order valence-electron chi connectivity index (χ4n) is 4.78. The summed E-state index contributed by atoms with van der Waals surface area (Å²) < 4.78 is 12.2. The average Bonchev–Trinajstić information content (AvgIpc) is 3.17. The smallest absolute Gasteiger partial charge is 0.329 e. The Balaban J connectivity index is 2.02. The number of halogens is 2. The number of carbonyl (C=O) groups excluding carboxylic acids is 3. The highest BCUT2D eigenvalue weighted by Crippen LogP contribution is 2.58. The van der Waals surface area contributed by atoms with Crippen LogP contribution in [0.3, 0.4) is 0 Å². The van der Waals surface area contributed by atoms with E-state index in [9.17, 15) is 14.4 Å². The number of hydrogen-bond acceptors (Lipinski definition) is 6. The van der Waals surface area contributed by atoms with Crippen LogP contribution in [0.25, 0.3) is 0 Å². The maximum Gasteiger partial charge on any atom is 0.329 e. The van der Waals surface area contributed by atoms with Gasteiger partial charge in [0.25, 0.3) is 0 Å². The quantitative estimate of drug-likeness (QED) is 0.591. The van der Waals surface area contributed by atoms with Gasteiger partial charge in [-0.2, -0.15) is 0 Å². The predicted octanol–water partition coefficient (Wildman–Crippen LogP) is 3.24. The molecule has 1 aromatic carbocycles. The number of carbonyl (C=O) groups is 3. The Morgan fingerprint density at radius 2 is 1.87 bits per heavy atom. The molecule has 0 saturated carbocycles. The highest BCUT2D eigenvalue weighted by atomic mass is 79.9. The zero-order valence-electron chi connectivity index (χ0n) is 16.4. The van der Waals surface area contributed by atoms with Crippen LogP contribution >= 0.6 is 31.9 Å². The molecule has 3 heterocycles. The summed E-state index contributed by atoms with van der Waals surface area (Å²) in [6.45, 7) is 3.69. The molecule has 0 aliphatic carbocycles. The van der Waals surface area contributed by atoms with E-state index < -0.39 is 35.4 Å². The van der Waals surface area contributed by atoms with E-state index in [1.807, 2.05) is 18.2 Å². The summed E-state index contributed by atoms with van der Waals surface area (Å²) in [7, 11) is 0. The SMILES string of the molecule is CCOC(=O)[C@H]1[C@H](C(=O)OCC)[C@@]2(C(=O)Nc3ccc(Br)cc32)[C@@H]2C(Br)=CC=CN21. The third kappa shape index (κ3) is 2.85. The fourth-order valence-corrected chi connectivity index (χ4v) is 5.89. The first kappa shape index (κ1) is 21.1. The second kappa shape index (κ2) is 7.85. The largest absolute Gasteiger partial charge is 0.466 e. The molecule has 4 rings (SSSR count). The maximum absolute atomic E-state index is 13.6. The highest BCUT2D eigenvalue weighted by Gasteiger charge is 2.72. The summed E-state index contributed by atoms with van der Waals surface area (Å²) in [4.78, 5) is 41.7. The first-order valence-electron chi connectivity index (χ1n) is 9.63. The van der Waals surface area contributed by atoms with Gasteiger partial charge in [-0.05, 0) is 49.8 Å². The lowest BCUT2D eigenvalue weighted by Crippen LogP contribution is -2.52. The lowest BCUT2D eigenvalue weighted by Gasteiger charge is -2.36. The van der Waals surface area contributed by atoms with Crippen LogP contribution in [0.2, 0.25) is 0 Å². The summed E-state index contributed by atoms with van der Waals surface area (Å²) in [6.07, 6.45) is 5.31. The Kier molecular flexibility index (Phi) is 5.52. The lowest BCUT2D eigenvalue weighted by molar-refractivity contribution is -0.160. The summed E-state index contributed by atoms with van der Waals surface area (Å²) >= 11 is 7.06. The van der Waals surface area contributed by atoms with Crippen molar-refractivity contribution >= 4 is 55.4 Å². The van der Waals surface area contributed by atoms with Gasteiger partial charge in [-0.1, -0.05) is 31.9 Å². The van der Waals surface area contributed by atoms with Crippen LogP contribution in [0.1, 0.15) is 19.4 Å². The lowest BCUT2D eigenvalue weighted by atomic mass is 9.67. The van der Waals surface area contributed by atoms with Crippen molar-refractivity contribution in [3.8, 4) is 0 Å². The van der Waals surface area contributed by atoms with Gasteiger partial charge in [-0.25, -0.2) is 4.79 Å². The zero-order chi connectivity index (χ0) is 21.6. The van der Waals surface area contributed by atoms with Crippen molar-refractivity contribution in [1.29, 1.82) is 0 Å². The number of nitrogens with one attached hydrogen (secondary N) is 1. The fraction of sp³-hybridized carbons (Fsp3) is 0.381. The monoisotopic (exact) mass is 538 g/mol. The number of benzene rings is 1. The Hall–Kier alpha value is -2.13. The van der Waals surface area contributed by atoms with Crippen molar-refractivity contribution in [2.24, 2.45) is 5.92 Å². The van der Waals surface area contributed by atoms with Gasteiger partial charge in [0.2, 0.25) is 5.91 Å². The minimum atomic E-state index is -1.37. The van der Waals surface area contributed by atoms with Crippen LogP contribution < -0.4 is 5.32 Å². The second-order valence-electron chi connectivity index (χ2n) is 7.18. The van der Waals surface area contributed by atoms with E-state index in [2.05, 4.69) is 37.2 Å². The Morgan fingerprint density at radius 3 is 2.57 bits per heavy atom. The summed E-state index contributed by atoms with van der Waals surface area (Å²) in [6, 6.07) is 3.80. The molecule has 1 amide bonds. The second-order valence-corrected chi connectivity index (χ2v) is 9.01. The molecule has 30 heavy (non-hydrogen) atoms. The van der Waals surface area contributed by atoms with E-state index in [1.165, 1.54) is 0 Å². The molecule has 1 saturated heterocycles. The third-order valence-corrected chi connectivity index (χ3v) is 6.94. The molecule has 3 aliphatic rings. The van der Waals surface area contributed by atoms with Crippen LogP contribution in [0, 0.1) is 5.92 Å². The number of rotatable bonds is 4. The van der Waals surface area contributed by atoms with Crippen LogP contribution in [-0.4, -0.2) is 48.0 Å². The number of amides is 1. The summed E-state index contributed by atoms with van der Waals surface area (Å²) in [5.74, 6) is -2.63. The van der Waals surface area contributed by atoms with E-state index in [1.54, 1.807) is 37.1 Å². The van der Waals surface area contributed by atoms with Gasteiger partial charge < -0.3 is 19.7 Å². The van der Waals surface area contributed by atoms with E-state index in [4.69, 9.17) is 9.47 Å². The van der Waals surface area contributed by atoms with Gasteiger partial charge in [0.15, 0.2) is 0 Å². The van der Waals surface area contributed by atoms with Crippen LogP contribution in [0.4, 0.5) is 5.69 Å². The van der Waals surface area contributed by atoms with Crippen molar-refractivity contribution in [2.45, 2.75) is 31.3 Å². The van der Waals surface area contributed by atoms with Crippen molar-refractivity contribution in [1.82, 2.24) is 4.90 Å². The first-order valence-corrected chi connectivity index (χ1v) is 11.2. The number of allylic oxidation sites excluding steroid dienone is 2. The molecule has 158 valence electrons. The molecule has 1 fully saturated rings. The molecule has 1 spiro atoms. The molecule has 0 aromatic heterocycles. The Morgan fingerprint density at radius 1 is 1.17 bits per heavy atom. The number of hydrogen-bond donors (Lipinski definition) is 1. The molecular formula is C21H20Br2N2O5. The topological polar surface area (TPSA) is 84.9 Å². The van der Waals surface area contributed by atoms with E-state index in [0.29, 0.717) is 15.7 Å². The average molecular weight is 540 g/mol. The first-order chi connectivity index (χ1) is 14.4. The molecule has 4 atom stereocenters. The number of anilines is 1. The summed E-state index contributed by atoms with van der Waals surface area (Å²) in [5, 5.41) is 2.91. The minimum Gasteiger partial charge on any atom is -0.466 e. The number of esters is 2. The van der Waals surface area contributed by atoms with Gasteiger partial charge in [0.1, 0.15) is 17.4 Å². The van der Waals surface area contributed by atoms with Crippen LogP contribution in [0.5, 0.6) is 0 Å². The molecule has 1 N–H and O–H groups in total. The highest BCUT2D eigenvalue weighted by molar-refractivity contribution is 9.11. The van der Waals surface area contributed by atoms with Crippen LogP contribution in [0.15, 0.2) is 45.5 Å². The third-order valence-electron chi connectivity index (χ3n) is 5.75. The van der Waals surface area contributed by atoms with E-state index in [0.717, 1.165) is 4.47 Å². The standard InChI is InChI=1S/C21H20Br2N2O5/c1-3-29-18(26)15-16(19(27)30-4-2)25-9-5-6-13(23)17(25)21(15)12-10-11(22)7-8-14(12)24-20(21)28/h5-10,15-17H,3-4H2,1-2H3,(H,24,28)/t15-,16-,17+,21-/m1/s1. The molecule has 9 heteroatoms. The molecule has 0 unspecified atom stereocenters. The molecule has 3 aliphatic heterocycles. The predicted molar refractivity (Wildman–Crippen MR) is 117 cm³/mol. The van der Waals surface area contributed by atoms with Crippen molar-refractivity contribution in [2.75, 3.05) is 18.5 Å². The molecule has 7 nitrogen and oxygen atoms in total. The number of ether oxygens (including phenoxy) is 2. The van der Waals surface area contributed by atoms with E-state index >= 15 is 0 Å². The Labute approximate surface area is 190 Å². The van der Waals surface area contributed by atoms with Gasteiger partial charge in [0, 0.05) is 20.8 Å². The normalized spacial score (nSPS) is 28.7. The summed E-state index contributed by atoms with van der Waals surface area (Å²) in [5.41, 5.74) is -0.123. The number of fused-ring (bicyclic) bond motifs is 4. The van der Waals surface area contributed by atoms with Crippen molar-refractivity contribution in [3.05, 3.63) is 51.1 Å². The zero-order valence-corrected chi connectivity index (χ0v) is 19.5. The molecule has 1 aromatic rings. The van der Waals surface area contributed by atoms with E-state index in [-0.39, 0.29) is 19.1 Å². The molecule has 0 bridgehead atoms. The number of nitrogens with zero attached hydrogens (tertiary/aromatic N) is 1. The van der Waals surface area contributed by atoms with Crippen LogP contribution in [-0.2, 0) is 29.3 Å².